The second kappa shape index (κ2) is 9.40. The molecule has 0 aliphatic heterocycles. The molecule has 0 aliphatic carbocycles. The van der Waals surface area contributed by atoms with Crippen LogP contribution in [-0.2, 0) is 13.0 Å². The minimum Gasteiger partial charge on any atom is -0.245 e. The van der Waals surface area contributed by atoms with Crippen LogP contribution in [0.25, 0.3) is 28.2 Å². The Kier molecular flexibility index (Phi) is 5.84. The van der Waals surface area contributed by atoms with Gasteiger partial charge in [-0.15, -0.1) is 5.10 Å². The van der Waals surface area contributed by atoms with Crippen molar-refractivity contribution in [2.24, 2.45) is 0 Å². The van der Waals surface area contributed by atoms with Gasteiger partial charge in [-0.1, -0.05) is 91.0 Å². The Balaban J connectivity index is 1.62. The molecule has 0 atom stereocenters. The first-order chi connectivity index (χ1) is 16.3. The molecule has 5 aromatic rings. The van der Waals surface area contributed by atoms with Gasteiger partial charge in [0.15, 0.2) is 5.82 Å². The fraction of sp³-hybridized carbons (Fsp3) is 0.115. The average Bonchev–Trinajstić information content (AvgIpc) is 3.54. The molecule has 0 fully saturated rings. The highest BCUT2D eigenvalue weighted by Gasteiger charge is 2.17. The van der Waals surface area contributed by atoms with Crippen molar-refractivity contribution in [3.05, 3.63) is 109 Å². The summed E-state index contributed by atoms with van der Waals surface area (Å²) in [5.41, 5.74) is 5.13. The molecule has 3 aromatic carbocycles. The summed E-state index contributed by atoms with van der Waals surface area (Å²) >= 11 is 0. The molecule has 2 aromatic heterocycles. The topological polar surface area (TPSA) is 74.3 Å². The monoisotopic (exact) mass is 433 g/mol. The number of hydrogen-bond donors (Lipinski definition) is 0. The van der Waals surface area contributed by atoms with Gasteiger partial charge in [0.1, 0.15) is 12.2 Å². The fourth-order valence-electron chi connectivity index (χ4n) is 3.85. The van der Waals surface area contributed by atoms with E-state index < -0.39 is 0 Å². The van der Waals surface area contributed by atoms with Crippen LogP contribution in [0.3, 0.4) is 0 Å². The lowest BCUT2D eigenvalue weighted by atomic mass is 10.00. The highest BCUT2D eigenvalue weighted by Crippen LogP contribution is 2.30. The molecule has 0 N–H and O–H groups in total. The summed E-state index contributed by atoms with van der Waals surface area (Å²) in [6.07, 6.45) is 6.46. The molecule has 0 radical (unpaired) electrons. The van der Waals surface area contributed by atoms with Crippen molar-refractivity contribution in [1.29, 1.82) is 0 Å². The Bertz CT molecular complexity index is 1350. The summed E-state index contributed by atoms with van der Waals surface area (Å²) in [4.78, 5) is 4.84. The van der Waals surface area contributed by atoms with Crippen molar-refractivity contribution in [2.45, 2.75) is 19.9 Å². The minimum absolute atomic E-state index is 0.544. The molecule has 0 aliphatic rings. The van der Waals surface area contributed by atoms with Gasteiger partial charge in [0.25, 0.3) is 0 Å². The van der Waals surface area contributed by atoms with E-state index in [9.17, 15) is 0 Å². The first-order valence-corrected chi connectivity index (χ1v) is 10.8. The fourth-order valence-corrected chi connectivity index (χ4v) is 3.85. The highest BCUT2D eigenvalue weighted by atomic mass is 15.5. The van der Waals surface area contributed by atoms with E-state index in [4.69, 9.17) is 10.1 Å². The van der Waals surface area contributed by atoms with Crippen LogP contribution in [0.2, 0.25) is 0 Å². The van der Waals surface area contributed by atoms with Crippen molar-refractivity contribution >= 4 is 0 Å². The van der Waals surface area contributed by atoms with Crippen molar-refractivity contribution in [3.63, 3.8) is 0 Å². The van der Waals surface area contributed by atoms with Crippen LogP contribution in [0.1, 0.15) is 18.3 Å². The lowest BCUT2D eigenvalue weighted by molar-refractivity contribution is 0.645. The van der Waals surface area contributed by atoms with Gasteiger partial charge in [0.05, 0.1) is 12.2 Å². The Labute approximate surface area is 192 Å². The zero-order chi connectivity index (χ0) is 22.5. The molecule has 0 amide bonds. The van der Waals surface area contributed by atoms with E-state index in [1.54, 1.807) is 11.0 Å². The number of para-hydroxylation sites is 1. The molecule has 7 heteroatoms. The zero-order valence-electron chi connectivity index (χ0n) is 18.3. The van der Waals surface area contributed by atoms with E-state index >= 15 is 0 Å². The summed E-state index contributed by atoms with van der Waals surface area (Å²) < 4.78 is 3.69. The van der Waals surface area contributed by atoms with Crippen LogP contribution in [0, 0.1) is 0 Å². The van der Waals surface area contributed by atoms with Gasteiger partial charge in [-0.3, -0.25) is 0 Å². The predicted molar refractivity (Wildman–Crippen MR) is 128 cm³/mol. The normalized spacial score (nSPS) is 11.3. The number of nitrogens with zero attached hydrogens (tertiary/aromatic N) is 7. The van der Waals surface area contributed by atoms with Crippen molar-refractivity contribution in [3.8, 4) is 28.2 Å². The van der Waals surface area contributed by atoms with Gasteiger partial charge in [0.2, 0.25) is 0 Å². The molecule has 2 heterocycles. The molecular formula is C26H23N7. The number of allylic oxidation sites excluding steroid dienone is 2. The second-order valence-corrected chi connectivity index (χ2v) is 7.58. The molecule has 33 heavy (non-hydrogen) atoms. The number of hydrogen-bond acceptors (Lipinski definition) is 5. The molecule has 0 saturated heterocycles. The van der Waals surface area contributed by atoms with E-state index in [1.807, 2.05) is 66.2 Å². The molecule has 0 spiro atoms. The van der Waals surface area contributed by atoms with Crippen LogP contribution in [-0.4, -0.2) is 35.0 Å². The SMILES string of the molecule is CC=CCc1nc(-c2ccccc2)nn1Cc1cccc(-c2ccccc2)c1-n1cnnn1. The van der Waals surface area contributed by atoms with Gasteiger partial charge >= 0.3 is 0 Å². The largest absolute Gasteiger partial charge is 0.245 e. The lowest BCUT2D eigenvalue weighted by Gasteiger charge is -2.15. The highest BCUT2D eigenvalue weighted by molar-refractivity contribution is 5.74. The van der Waals surface area contributed by atoms with Gasteiger partial charge in [-0.25, -0.2) is 9.67 Å². The Morgan fingerprint density at radius 1 is 0.848 bits per heavy atom. The maximum absolute atomic E-state index is 4.86. The Hall–Kier alpha value is -4.39. The number of aromatic nitrogens is 7. The van der Waals surface area contributed by atoms with Crippen LogP contribution >= 0.6 is 0 Å². The van der Waals surface area contributed by atoms with E-state index in [-0.39, 0.29) is 0 Å². The number of benzene rings is 3. The average molecular weight is 434 g/mol. The van der Waals surface area contributed by atoms with Crippen molar-refractivity contribution < 1.29 is 0 Å². The lowest BCUT2D eigenvalue weighted by Crippen LogP contribution is -2.11. The third-order valence-electron chi connectivity index (χ3n) is 5.42. The first kappa shape index (κ1) is 20.5. The predicted octanol–water partition coefficient (Wildman–Crippen LogP) is 4.75. The van der Waals surface area contributed by atoms with Gasteiger partial charge < -0.3 is 0 Å². The second-order valence-electron chi connectivity index (χ2n) is 7.58. The summed E-state index contributed by atoms with van der Waals surface area (Å²) in [5, 5.41) is 16.8. The van der Waals surface area contributed by atoms with Crippen LogP contribution in [0.4, 0.5) is 0 Å². The Morgan fingerprint density at radius 2 is 1.61 bits per heavy atom. The maximum atomic E-state index is 4.86. The molecule has 0 saturated carbocycles. The third-order valence-corrected chi connectivity index (χ3v) is 5.42. The van der Waals surface area contributed by atoms with Crippen LogP contribution in [0.15, 0.2) is 97.3 Å². The standard InChI is InChI=1S/C26H23N7/c1-2-3-17-24-28-26(21-13-8-5-9-14-21)29-32(24)18-22-15-10-16-23(20-11-6-4-7-12-20)25(22)33-19-27-30-31-33/h2-16,19H,17-18H2,1H3. The molecule has 162 valence electrons. The van der Waals surface area contributed by atoms with Gasteiger partial charge in [-0.05, 0) is 22.9 Å². The number of rotatable bonds is 7. The molecule has 7 nitrogen and oxygen atoms in total. The summed E-state index contributed by atoms with van der Waals surface area (Å²) in [5.74, 6) is 1.62. The van der Waals surface area contributed by atoms with Gasteiger partial charge in [-0.2, -0.15) is 9.78 Å². The minimum atomic E-state index is 0.544. The van der Waals surface area contributed by atoms with E-state index in [0.717, 1.165) is 39.6 Å². The smallest absolute Gasteiger partial charge is 0.181 e. The van der Waals surface area contributed by atoms with Crippen LogP contribution in [0.5, 0.6) is 0 Å². The van der Waals surface area contributed by atoms with Crippen molar-refractivity contribution in [1.82, 2.24) is 35.0 Å². The van der Waals surface area contributed by atoms with Gasteiger partial charge in [0, 0.05) is 23.1 Å². The first-order valence-electron chi connectivity index (χ1n) is 10.8. The zero-order valence-corrected chi connectivity index (χ0v) is 18.3. The summed E-state index contributed by atoms with van der Waals surface area (Å²) in [6, 6.07) is 26.6. The quantitative estimate of drug-likeness (QED) is 0.346. The molecule has 5 rings (SSSR count). The molecule has 0 bridgehead atoms. The summed E-state index contributed by atoms with van der Waals surface area (Å²) in [6.45, 7) is 2.56. The molecule has 0 unspecified atom stereocenters. The van der Waals surface area contributed by atoms with Crippen molar-refractivity contribution in [2.75, 3.05) is 0 Å². The van der Waals surface area contributed by atoms with E-state index in [1.165, 1.54) is 0 Å². The molecular weight excluding hydrogens is 410 g/mol. The number of tetrazole rings is 1. The van der Waals surface area contributed by atoms with Crippen LogP contribution < -0.4 is 0 Å². The summed E-state index contributed by atoms with van der Waals surface area (Å²) in [7, 11) is 0. The maximum Gasteiger partial charge on any atom is 0.181 e. The third kappa shape index (κ3) is 4.34. The van der Waals surface area contributed by atoms with E-state index in [2.05, 4.69) is 51.9 Å². The Morgan fingerprint density at radius 3 is 2.30 bits per heavy atom. The van der Waals surface area contributed by atoms with E-state index in [0.29, 0.717) is 13.0 Å².